The van der Waals surface area contributed by atoms with Gasteiger partial charge in [0.15, 0.2) is 0 Å². The van der Waals surface area contributed by atoms with Crippen LogP contribution >= 0.6 is 23.1 Å². The Bertz CT molecular complexity index is 1200. The number of amides is 5. The third-order valence-electron chi connectivity index (χ3n) is 6.09. The van der Waals surface area contributed by atoms with E-state index in [-0.39, 0.29) is 17.3 Å². The van der Waals surface area contributed by atoms with Gasteiger partial charge in [0.25, 0.3) is 5.91 Å². The molecule has 12 heteroatoms. The van der Waals surface area contributed by atoms with Crippen molar-refractivity contribution >= 4 is 46.9 Å². The maximum absolute atomic E-state index is 13.1. The van der Waals surface area contributed by atoms with Crippen LogP contribution in [0.5, 0.6) is 0 Å². The smallest absolute Gasteiger partial charge is 0.328 e. The molecule has 0 bridgehead atoms. The molecule has 3 aliphatic rings. The van der Waals surface area contributed by atoms with Crippen LogP contribution < -0.4 is 10.6 Å². The third kappa shape index (κ3) is 3.58. The minimum absolute atomic E-state index is 0.168. The maximum atomic E-state index is 13.1. The number of thioether (sulfide) groups is 1. The molecule has 33 heavy (non-hydrogen) atoms. The number of rotatable bonds is 3. The van der Waals surface area contributed by atoms with Gasteiger partial charge in [-0.05, 0) is 5.56 Å². The number of urea groups is 1. The Morgan fingerprint density at radius 3 is 2.42 bits per heavy atom. The highest BCUT2D eigenvalue weighted by Gasteiger charge is 2.57. The van der Waals surface area contributed by atoms with Gasteiger partial charge < -0.3 is 15.4 Å². The number of nitrogens with zero attached hydrogens (tertiary/aromatic N) is 3. The molecule has 0 aliphatic carbocycles. The van der Waals surface area contributed by atoms with Gasteiger partial charge in [-0.1, -0.05) is 53.4 Å². The number of fused-ring (bicyclic) bond motifs is 2. The molecule has 1 aromatic heterocycles. The van der Waals surface area contributed by atoms with E-state index >= 15 is 0 Å². The van der Waals surface area contributed by atoms with Crippen LogP contribution in [-0.4, -0.2) is 69.7 Å². The minimum atomic E-state index is -1.12. The van der Waals surface area contributed by atoms with Crippen molar-refractivity contribution in [2.24, 2.45) is 11.7 Å². The highest BCUT2D eigenvalue weighted by atomic mass is 32.2. The minimum Gasteiger partial charge on any atom is -0.378 e. The largest absolute Gasteiger partial charge is 0.378 e. The van der Waals surface area contributed by atoms with Crippen LogP contribution in [0, 0.1) is 5.92 Å². The van der Waals surface area contributed by atoms with E-state index in [1.807, 2.05) is 18.2 Å². The van der Waals surface area contributed by atoms with Gasteiger partial charge in [-0.25, -0.2) is 4.79 Å². The summed E-state index contributed by atoms with van der Waals surface area (Å²) in [5, 5.41) is -0.435. The standard InChI is InChI=1S/C21H20N4O6S2/c22-20(29)25-17(27)14-13(11-4-2-1-3-5-11)16-19(32-15(14)18(25)28)24(21(30)33-16)10-12(26)23-6-8-31-9-7-23/h1-5,13-15H,6-10H2,(H2,22,29). The van der Waals surface area contributed by atoms with E-state index in [2.05, 4.69) is 0 Å². The predicted molar refractivity (Wildman–Crippen MR) is 119 cm³/mol. The number of imide groups is 3. The van der Waals surface area contributed by atoms with Gasteiger partial charge in [-0.15, -0.1) is 0 Å². The van der Waals surface area contributed by atoms with Gasteiger partial charge in [0, 0.05) is 23.9 Å². The van der Waals surface area contributed by atoms with Crippen LogP contribution in [0.15, 0.2) is 40.2 Å². The zero-order valence-electron chi connectivity index (χ0n) is 17.3. The Hall–Kier alpha value is -2.96. The number of primary amides is 1. The molecular weight excluding hydrogens is 468 g/mol. The summed E-state index contributed by atoms with van der Waals surface area (Å²) in [4.78, 5) is 66.2. The number of aromatic nitrogens is 1. The molecule has 3 unspecified atom stereocenters. The molecule has 4 heterocycles. The van der Waals surface area contributed by atoms with Crippen molar-refractivity contribution in [2.75, 3.05) is 26.3 Å². The van der Waals surface area contributed by atoms with Crippen molar-refractivity contribution in [3.05, 3.63) is 50.4 Å². The predicted octanol–water partition coefficient (Wildman–Crippen LogP) is 0.439. The third-order valence-corrected chi connectivity index (χ3v) is 8.69. The number of carbonyl (C=O) groups excluding carboxylic acids is 4. The molecule has 2 aromatic rings. The highest BCUT2D eigenvalue weighted by Crippen LogP contribution is 2.53. The molecule has 2 fully saturated rings. The number of ether oxygens (including phenoxy) is 1. The first-order valence-corrected chi connectivity index (χ1v) is 12.1. The zero-order chi connectivity index (χ0) is 23.3. The van der Waals surface area contributed by atoms with Gasteiger partial charge in [-0.2, -0.15) is 4.90 Å². The van der Waals surface area contributed by atoms with E-state index in [0.29, 0.717) is 41.1 Å². The molecule has 3 atom stereocenters. The number of benzene rings is 1. The number of thiazole rings is 1. The Kier molecular flexibility index (Phi) is 5.59. The lowest BCUT2D eigenvalue weighted by Gasteiger charge is -2.31. The van der Waals surface area contributed by atoms with Gasteiger partial charge in [0.05, 0.1) is 24.2 Å². The number of hydrogen-bond donors (Lipinski definition) is 1. The molecule has 0 saturated carbocycles. The number of hydrogen-bond acceptors (Lipinski definition) is 8. The van der Waals surface area contributed by atoms with E-state index in [1.165, 1.54) is 4.57 Å². The van der Waals surface area contributed by atoms with Gasteiger partial charge in [0.2, 0.25) is 11.8 Å². The van der Waals surface area contributed by atoms with E-state index in [0.717, 1.165) is 28.7 Å². The fourth-order valence-corrected chi connectivity index (χ4v) is 7.31. The van der Waals surface area contributed by atoms with Crippen LogP contribution in [0.25, 0.3) is 0 Å². The van der Waals surface area contributed by atoms with Crippen molar-refractivity contribution in [3.63, 3.8) is 0 Å². The average molecular weight is 489 g/mol. The Balaban J connectivity index is 1.58. The van der Waals surface area contributed by atoms with Crippen molar-refractivity contribution in [3.8, 4) is 0 Å². The lowest BCUT2D eigenvalue weighted by Crippen LogP contribution is -2.43. The molecule has 2 saturated heterocycles. The van der Waals surface area contributed by atoms with Crippen LogP contribution in [0.1, 0.15) is 16.4 Å². The molecule has 3 aliphatic heterocycles. The molecular formula is C21H20N4O6S2. The second-order valence-electron chi connectivity index (χ2n) is 7.92. The lowest BCUT2D eigenvalue weighted by atomic mass is 9.83. The van der Waals surface area contributed by atoms with Crippen LogP contribution in [0.3, 0.4) is 0 Å². The highest BCUT2D eigenvalue weighted by molar-refractivity contribution is 8.00. The molecule has 2 N–H and O–H groups in total. The fraction of sp³-hybridized carbons (Fsp3) is 0.381. The van der Waals surface area contributed by atoms with Crippen molar-refractivity contribution in [1.29, 1.82) is 0 Å². The summed E-state index contributed by atoms with van der Waals surface area (Å²) in [5.74, 6) is -3.05. The second kappa shape index (κ2) is 8.43. The molecule has 10 nitrogen and oxygen atoms in total. The number of carbonyl (C=O) groups is 4. The Labute approximate surface area is 196 Å². The number of nitrogens with two attached hydrogens (primary N) is 1. The summed E-state index contributed by atoms with van der Waals surface area (Å²) in [7, 11) is 0. The van der Waals surface area contributed by atoms with Crippen LogP contribution in [0.4, 0.5) is 4.79 Å². The van der Waals surface area contributed by atoms with E-state index in [1.54, 1.807) is 17.0 Å². The monoisotopic (exact) mass is 488 g/mol. The molecule has 0 spiro atoms. The molecule has 172 valence electrons. The summed E-state index contributed by atoms with van der Waals surface area (Å²) in [6, 6.07) is 7.96. The quantitative estimate of drug-likeness (QED) is 0.620. The maximum Gasteiger partial charge on any atom is 0.328 e. The molecule has 0 radical (unpaired) electrons. The topological polar surface area (TPSA) is 132 Å². The summed E-state index contributed by atoms with van der Waals surface area (Å²) >= 11 is 2.02. The van der Waals surface area contributed by atoms with E-state index in [9.17, 15) is 24.0 Å². The summed E-state index contributed by atoms with van der Waals surface area (Å²) in [5.41, 5.74) is 6.07. The summed E-state index contributed by atoms with van der Waals surface area (Å²) in [6.07, 6.45) is 0. The number of morpholine rings is 1. The van der Waals surface area contributed by atoms with Gasteiger partial charge in [0.1, 0.15) is 11.8 Å². The van der Waals surface area contributed by atoms with Crippen molar-refractivity contribution in [1.82, 2.24) is 14.4 Å². The van der Waals surface area contributed by atoms with Crippen LogP contribution in [0.2, 0.25) is 0 Å². The lowest BCUT2D eigenvalue weighted by molar-refractivity contribution is -0.137. The number of likely N-dealkylation sites (tertiary alicyclic amines) is 1. The van der Waals surface area contributed by atoms with E-state index in [4.69, 9.17) is 10.5 Å². The molecule has 5 amide bonds. The first-order valence-electron chi connectivity index (χ1n) is 10.4. The van der Waals surface area contributed by atoms with Gasteiger partial charge in [-0.3, -0.25) is 23.7 Å². The normalized spacial score (nSPS) is 24.5. The van der Waals surface area contributed by atoms with Crippen molar-refractivity contribution < 1.29 is 23.9 Å². The average Bonchev–Trinajstić information content (AvgIpc) is 3.26. The second-order valence-corrected chi connectivity index (χ2v) is 10.0. The fourth-order valence-electron chi connectivity index (χ4n) is 4.54. The first kappa shape index (κ1) is 21.9. The Morgan fingerprint density at radius 2 is 1.76 bits per heavy atom. The summed E-state index contributed by atoms with van der Waals surface area (Å²) < 4.78 is 6.66. The Morgan fingerprint density at radius 1 is 1.06 bits per heavy atom. The molecule has 5 rings (SSSR count). The first-order chi connectivity index (χ1) is 15.9. The van der Waals surface area contributed by atoms with E-state index < -0.39 is 34.9 Å². The zero-order valence-corrected chi connectivity index (χ0v) is 19.0. The summed E-state index contributed by atoms with van der Waals surface area (Å²) in [6.45, 7) is 1.61. The SMILES string of the molecule is NC(=O)N1C(=O)C2Sc3c(sc(=O)n3CC(=O)N3CCOCC3)C(c3ccccc3)C2C1=O. The van der Waals surface area contributed by atoms with Crippen molar-refractivity contribution in [2.45, 2.75) is 22.7 Å². The molecule has 1 aromatic carbocycles. The van der Waals surface area contributed by atoms with Gasteiger partial charge >= 0.3 is 10.9 Å². The van der Waals surface area contributed by atoms with Crippen LogP contribution in [-0.2, 0) is 25.7 Å².